The van der Waals surface area contributed by atoms with E-state index in [1.807, 2.05) is 5.32 Å². The highest BCUT2D eigenvalue weighted by Crippen LogP contribution is 2.01. The number of carboxylic acid groups (broad SMARTS) is 1. The lowest BCUT2D eigenvalue weighted by molar-refractivity contribution is -0.144. The van der Waals surface area contributed by atoms with Crippen LogP contribution in [0.25, 0.3) is 0 Å². The largest absolute Gasteiger partial charge is 0.480 e. The van der Waals surface area contributed by atoms with Crippen molar-refractivity contribution < 1.29 is 39.0 Å². The smallest absolute Gasteiger partial charge is 0.326 e. The number of carbonyl (C=O) groups is 6. The standard InChI is InChI=1S/C15H26N6O8/c1-6(16)12(25)19-7(2-3-10(17)23)13(26)21-9(5-22)14(27)20-8(15(28)29)4-11(18)24/h6-9,22H,2-5,16H2,1H3,(H2,17,23)(H2,18,24)(H,19,25)(H,20,27)(H,21,26)(H,28,29). The molecule has 14 heteroatoms. The first-order valence-electron chi connectivity index (χ1n) is 8.46. The minimum absolute atomic E-state index is 0.210. The number of nitrogens with two attached hydrogens (primary N) is 3. The summed E-state index contributed by atoms with van der Waals surface area (Å²) in [7, 11) is 0. The van der Waals surface area contributed by atoms with E-state index in [1.54, 1.807) is 0 Å². The summed E-state index contributed by atoms with van der Waals surface area (Å²) < 4.78 is 0. The van der Waals surface area contributed by atoms with Gasteiger partial charge >= 0.3 is 5.97 Å². The van der Waals surface area contributed by atoms with Crippen LogP contribution in [0.1, 0.15) is 26.2 Å². The third-order valence-electron chi connectivity index (χ3n) is 3.56. The zero-order valence-corrected chi connectivity index (χ0v) is 15.7. The van der Waals surface area contributed by atoms with E-state index in [2.05, 4.69) is 10.6 Å². The molecule has 0 aromatic heterocycles. The Morgan fingerprint density at radius 1 is 0.828 bits per heavy atom. The number of carbonyl (C=O) groups excluding carboxylic acids is 5. The molecule has 0 bridgehead atoms. The molecule has 0 spiro atoms. The number of rotatable bonds is 13. The van der Waals surface area contributed by atoms with E-state index >= 15 is 0 Å². The van der Waals surface area contributed by atoms with Crippen LogP contribution in [0.3, 0.4) is 0 Å². The number of aliphatic hydroxyl groups is 1. The number of amides is 5. The Labute approximate surface area is 165 Å². The average molecular weight is 418 g/mol. The number of carboxylic acids is 1. The van der Waals surface area contributed by atoms with E-state index in [0.717, 1.165) is 0 Å². The van der Waals surface area contributed by atoms with Gasteiger partial charge in [-0.3, -0.25) is 24.0 Å². The lowest BCUT2D eigenvalue weighted by atomic mass is 10.1. The Kier molecular flexibility index (Phi) is 10.9. The summed E-state index contributed by atoms with van der Waals surface area (Å²) in [6.07, 6.45) is -1.19. The fourth-order valence-electron chi connectivity index (χ4n) is 2.00. The van der Waals surface area contributed by atoms with Crippen molar-refractivity contribution in [3.63, 3.8) is 0 Å². The van der Waals surface area contributed by atoms with E-state index in [1.165, 1.54) is 6.92 Å². The van der Waals surface area contributed by atoms with E-state index in [9.17, 15) is 33.9 Å². The number of primary amides is 2. The molecule has 164 valence electrons. The predicted molar refractivity (Wildman–Crippen MR) is 96.4 cm³/mol. The number of nitrogens with one attached hydrogen (secondary N) is 3. The van der Waals surface area contributed by atoms with E-state index in [0.29, 0.717) is 0 Å². The van der Waals surface area contributed by atoms with Crippen LogP contribution >= 0.6 is 0 Å². The first-order chi connectivity index (χ1) is 13.4. The summed E-state index contributed by atoms with van der Waals surface area (Å²) in [6.45, 7) is 0.428. The summed E-state index contributed by atoms with van der Waals surface area (Å²) in [5, 5.41) is 24.7. The molecule has 14 nitrogen and oxygen atoms in total. The maximum Gasteiger partial charge on any atom is 0.326 e. The Morgan fingerprint density at radius 3 is 1.72 bits per heavy atom. The molecule has 4 unspecified atom stereocenters. The lowest BCUT2D eigenvalue weighted by Gasteiger charge is -2.23. The molecule has 0 aliphatic carbocycles. The van der Waals surface area contributed by atoms with Crippen LogP contribution in [0.15, 0.2) is 0 Å². The van der Waals surface area contributed by atoms with Crippen molar-refractivity contribution in [1.29, 1.82) is 0 Å². The molecule has 4 atom stereocenters. The minimum Gasteiger partial charge on any atom is -0.480 e. The highest BCUT2D eigenvalue weighted by Gasteiger charge is 2.30. The molecule has 0 aliphatic rings. The zero-order chi connectivity index (χ0) is 22.7. The Balaban J connectivity index is 5.21. The fraction of sp³-hybridized carbons (Fsp3) is 0.600. The van der Waals surface area contributed by atoms with Crippen LogP contribution in [0.2, 0.25) is 0 Å². The lowest BCUT2D eigenvalue weighted by Crippen LogP contribution is -2.58. The quantitative estimate of drug-likeness (QED) is 0.142. The van der Waals surface area contributed by atoms with Crippen LogP contribution in [-0.2, 0) is 28.8 Å². The average Bonchev–Trinajstić information content (AvgIpc) is 2.60. The van der Waals surface area contributed by atoms with Crippen LogP contribution in [-0.4, -0.2) is 76.5 Å². The van der Waals surface area contributed by atoms with Crippen LogP contribution in [0.4, 0.5) is 0 Å². The maximum absolute atomic E-state index is 12.4. The number of aliphatic hydroxyl groups excluding tert-OH is 1. The third-order valence-corrected chi connectivity index (χ3v) is 3.56. The van der Waals surface area contributed by atoms with Gasteiger partial charge in [-0.05, 0) is 13.3 Å². The topological polar surface area (TPSA) is 257 Å². The fourth-order valence-corrected chi connectivity index (χ4v) is 2.00. The van der Waals surface area contributed by atoms with Gasteiger partial charge in [-0.25, -0.2) is 4.79 Å². The van der Waals surface area contributed by atoms with Gasteiger partial charge in [0.1, 0.15) is 18.1 Å². The van der Waals surface area contributed by atoms with Gasteiger partial charge in [0.15, 0.2) is 0 Å². The molecule has 0 aromatic carbocycles. The summed E-state index contributed by atoms with van der Waals surface area (Å²) >= 11 is 0. The van der Waals surface area contributed by atoms with Crippen LogP contribution < -0.4 is 33.2 Å². The number of hydrogen-bond acceptors (Lipinski definition) is 8. The van der Waals surface area contributed by atoms with Gasteiger partial charge in [0.05, 0.1) is 19.1 Å². The maximum atomic E-state index is 12.4. The second-order valence-corrected chi connectivity index (χ2v) is 6.17. The molecule has 0 heterocycles. The molecular formula is C15H26N6O8. The highest BCUT2D eigenvalue weighted by atomic mass is 16.4. The normalized spacial score (nSPS) is 14.6. The van der Waals surface area contributed by atoms with Gasteiger partial charge in [-0.15, -0.1) is 0 Å². The molecular weight excluding hydrogens is 392 g/mol. The summed E-state index contributed by atoms with van der Waals surface area (Å²) in [5.41, 5.74) is 15.3. The Bertz CT molecular complexity index is 653. The van der Waals surface area contributed by atoms with Crippen molar-refractivity contribution in [2.45, 2.75) is 50.4 Å². The summed E-state index contributed by atoms with van der Waals surface area (Å²) in [6, 6.07) is -5.56. The van der Waals surface area contributed by atoms with Crippen molar-refractivity contribution >= 4 is 35.5 Å². The molecule has 0 rings (SSSR count). The van der Waals surface area contributed by atoms with Crippen LogP contribution in [0, 0.1) is 0 Å². The van der Waals surface area contributed by atoms with Crippen LogP contribution in [0.5, 0.6) is 0 Å². The number of aliphatic carboxylic acids is 1. The Hall–Kier alpha value is -3.26. The third kappa shape index (κ3) is 10.0. The van der Waals surface area contributed by atoms with Crippen molar-refractivity contribution in [3.8, 4) is 0 Å². The molecule has 5 amide bonds. The first kappa shape index (κ1) is 25.7. The Morgan fingerprint density at radius 2 is 1.31 bits per heavy atom. The first-order valence-corrected chi connectivity index (χ1v) is 8.46. The van der Waals surface area contributed by atoms with Crippen molar-refractivity contribution in [2.75, 3.05) is 6.61 Å². The van der Waals surface area contributed by atoms with Gasteiger partial charge in [0, 0.05) is 6.42 Å². The molecule has 0 aromatic rings. The van der Waals surface area contributed by atoms with Gasteiger partial charge in [0.25, 0.3) is 0 Å². The van der Waals surface area contributed by atoms with Gasteiger partial charge in [0.2, 0.25) is 29.5 Å². The molecule has 0 saturated heterocycles. The van der Waals surface area contributed by atoms with E-state index < -0.39 is 72.7 Å². The molecule has 0 radical (unpaired) electrons. The van der Waals surface area contributed by atoms with Gasteiger partial charge in [-0.2, -0.15) is 0 Å². The molecule has 29 heavy (non-hydrogen) atoms. The van der Waals surface area contributed by atoms with Gasteiger partial charge in [-0.1, -0.05) is 0 Å². The van der Waals surface area contributed by atoms with E-state index in [4.69, 9.17) is 22.3 Å². The van der Waals surface area contributed by atoms with E-state index in [-0.39, 0.29) is 12.8 Å². The van der Waals surface area contributed by atoms with Gasteiger partial charge < -0.3 is 43.4 Å². The highest BCUT2D eigenvalue weighted by molar-refractivity contribution is 5.95. The SMILES string of the molecule is CC(N)C(=O)NC(CCC(N)=O)C(=O)NC(CO)C(=O)NC(CC(N)=O)C(=O)O. The van der Waals surface area contributed by atoms with Crippen molar-refractivity contribution in [3.05, 3.63) is 0 Å². The predicted octanol–water partition coefficient (Wildman–Crippen LogP) is -4.99. The second-order valence-electron chi connectivity index (χ2n) is 6.17. The summed E-state index contributed by atoms with van der Waals surface area (Å²) in [4.78, 5) is 69.2. The molecule has 0 saturated carbocycles. The summed E-state index contributed by atoms with van der Waals surface area (Å²) in [5.74, 6) is -6.06. The molecule has 11 N–H and O–H groups in total. The van der Waals surface area contributed by atoms with Crippen molar-refractivity contribution in [1.82, 2.24) is 16.0 Å². The molecule has 0 fully saturated rings. The zero-order valence-electron chi connectivity index (χ0n) is 15.7. The monoisotopic (exact) mass is 418 g/mol. The minimum atomic E-state index is -1.67. The second kappa shape index (κ2) is 12.2. The molecule has 0 aliphatic heterocycles. The number of hydrogen-bond donors (Lipinski definition) is 8. The van der Waals surface area contributed by atoms with Crippen molar-refractivity contribution in [2.24, 2.45) is 17.2 Å².